The van der Waals surface area contributed by atoms with Gasteiger partial charge in [-0.15, -0.1) is 0 Å². The van der Waals surface area contributed by atoms with Crippen LogP contribution >= 0.6 is 0 Å². The van der Waals surface area contributed by atoms with Crippen LogP contribution in [0.15, 0.2) is 82.8 Å². The van der Waals surface area contributed by atoms with Crippen LogP contribution in [0.3, 0.4) is 0 Å². The largest absolute Gasteiger partial charge is 0.497 e. The van der Waals surface area contributed by atoms with Gasteiger partial charge in [-0.1, -0.05) is 26.0 Å². The lowest BCUT2D eigenvalue weighted by atomic mass is 10.2. The van der Waals surface area contributed by atoms with Crippen molar-refractivity contribution in [2.75, 3.05) is 31.7 Å². The van der Waals surface area contributed by atoms with E-state index in [0.717, 1.165) is 15.6 Å². The smallest absolute Gasteiger partial charge is 0.264 e. The fraction of sp³-hybridized carbons (Fsp3) is 0.259. The normalized spacial score (nSPS) is 11.4. The number of sulfonamides is 1. The minimum atomic E-state index is -4.13. The van der Waals surface area contributed by atoms with Gasteiger partial charge in [0.2, 0.25) is 0 Å². The molecule has 0 unspecified atom stereocenters. The second kappa shape index (κ2) is 12.8. The van der Waals surface area contributed by atoms with Gasteiger partial charge in [0.1, 0.15) is 23.8 Å². The van der Waals surface area contributed by atoms with E-state index >= 15 is 0 Å². The van der Waals surface area contributed by atoms with E-state index in [4.69, 9.17) is 14.2 Å². The summed E-state index contributed by atoms with van der Waals surface area (Å²) in [4.78, 5) is 12.8. The molecular formula is C27H31N3O6S. The van der Waals surface area contributed by atoms with E-state index in [9.17, 15) is 13.2 Å². The Morgan fingerprint density at radius 3 is 2.22 bits per heavy atom. The summed E-state index contributed by atoms with van der Waals surface area (Å²) < 4.78 is 44.2. The number of nitrogens with one attached hydrogen (secondary N) is 1. The molecular weight excluding hydrogens is 494 g/mol. The van der Waals surface area contributed by atoms with E-state index in [2.05, 4.69) is 24.4 Å². The number of hydrogen-bond donors (Lipinski definition) is 1. The number of anilines is 1. The van der Waals surface area contributed by atoms with E-state index in [0.29, 0.717) is 24.0 Å². The number of hydrazone groups is 1. The number of nitrogens with zero attached hydrogens (tertiary/aromatic N) is 2. The maximum atomic E-state index is 13.6. The Balaban J connectivity index is 1.78. The Hall–Kier alpha value is -4.05. The van der Waals surface area contributed by atoms with Crippen LogP contribution in [0.4, 0.5) is 5.69 Å². The predicted octanol–water partition coefficient (Wildman–Crippen LogP) is 4.08. The summed E-state index contributed by atoms with van der Waals surface area (Å²) in [5.41, 5.74) is 3.36. The number of carbonyl (C=O) groups is 1. The van der Waals surface area contributed by atoms with E-state index in [1.165, 1.54) is 44.7 Å². The molecule has 1 amide bonds. The van der Waals surface area contributed by atoms with Crippen molar-refractivity contribution in [2.45, 2.75) is 18.7 Å². The van der Waals surface area contributed by atoms with Gasteiger partial charge in [-0.05, 0) is 72.1 Å². The lowest BCUT2D eigenvalue weighted by Gasteiger charge is -2.25. The number of methoxy groups -OCH3 is 2. The maximum Gasteiger partial charge on any atom is 0.264 e. The lowest BCUT2D eigenvalue weighted by Crippen LogP contribution is -2.39. The molecule has 0 saturated carbocycles. The summed E-state index contributed by atoms with van der Waals surface area (Å²) >= 11 is 0. The summed E-state index contributed by atoms with van der Waals surface area (Å²) in [6.07, 6.45) is 1.47. The molecule has 10 heteroatoms. The van der Waals surface area contributed by atoms with Crippen LogP contribution in [0.5, 0.6) is 17.2 Å². The number of amides is 1. The molecule has 0 fully saturated rings. The van der Waals surface area contributed by atoms with Gasteiger partial charge in [0.25, 0.3) is 15.9 Å². The molecule has 0 spiro atoms. The summed E-state index contributed by atoms with van der Waals surface area (Å²) in [5, 5.41) is 3.98. The molecule has 3 aromatic rings. The van der Waals surface area contributed by atoms with Crippen molar-refractivity contribution < 1.29 is 27.4 Å². The highest BCUT2D eigenvalue weighted by atomic mass is 32.2. The fourth-order valence-corrected chi connectivity index (χ4v) is 4.70. The van der Waals surface area contributed by atoms with E-state index in [-0.39, 0.29) is 10.6 Å². The van der Waals surface area contributed by atoms with Gasteiger partial charge in [0.15, 0.2) is 0 Å². The van der Waals surface area contributed by atoms with Gasteiger partial charge in [0.05, 0.1) is 37.6 Å². The Morgan fingerprint density at radius 2 is 1.59 bits per heavy atom. The van der Waals surface area contributed by atoms with E-state index in [1.54, 1.807) is 36.4 Å². The van der Waals surface area contributed by atoms with Crippen molar-refractivity contribution in [3.8, 4) is 17.2 Å². The topological polar surface area (TPSA) is 107 Å². The van der Waals surface area contributed by atoms with Crippen molar-refractivity contribution in [3.05, 3.63) is 78.4 Å². The summed E-state index contributed by atoms with van der Waals surface area (Å²) in [5.74, 6) is 1.34. The van der Waals surface area contributed by atoms with Gasteiger partial charge in [0, 0.05) is 0 Å². The quantitative estimate of drug-likeness (QED) is 0.282. The lowest BCUT2D eigenvalue weighted by molar-refractivity contribution is -0.119. The number of rotatable bonds is 12. The highest BCUT2D eigenvalue weighted by Crippen LogP contribution is 2.32. The van der Waals surface area contributed by atoms with Crippen LogP contribution in [0.2, 0.25) is 0 Å². The highest BCUT2D eigenvalue weighted by Gasteiger charge is 2.29. The molecule has 0 atom stereocenters. The zero-order valence-electron chi connectivity index (χ0n) is 21.2. The molecule has 0 saturated heterocycles. The van der Waals surface area contributed by atoms with Crippen LogP contribution < -0.4 is 23.9 Å². The zero-order valence-corrected chi connectivity index (χ0v) is 22.1. The van der Waals surface area contributed by atoms with Crippen molar-refractivity contribution in [3.63, 3.8) is 0 Å². The van der Waals surface area contributed by atoms with Gasteiger partial charge in [-0.3, -0.25) is 9.10 Å². The van der Waals surface area contributed by atoms with Gasteiger partial charge < -0.3 is 14.2 Å². The molecule has 196 valence electrons. The SMILES string of the molecule is COc1ccc(S(=O)(=O)N(CC(=O)N/N=C\c2ccc(OCC(C)C)cc2)c2ccccc2OC)cc1. The summed E-state index contributed by atoms with van der Waals surface area (Å²) in [6, 6.07) is 19.7. The summed E-state index contributed by atoms with van der Waals surface area (Å²) in [6.45, 7) is 4.24. The Labute approximate surface area is 217 Å². The molecule has 0 aliphatic carbocycles. The first-order chi connectivity index (χ1) is 17.7. The molecule has 0 heterocycles. The number of ether oxygens (including phenoxy) is 3. The number of carbonyl (C=O) groups excluding carboxylic acids is 1. The second-order valence-corrected chi connectivity index (χ2v) is 10.3. The Morgan fingerprint density at radius 1 is 0.946 bits per heavy atom. The predicted molar refractivity (Wildman–Crippen MR) is 143 cm³/mol. The van der Waals surface area contributed by atoms with Crippen LogP contribution in [0.25, 0.3) is 0 Å². The third-order valence-corrected chi connectivity index (χ3v) is 6.93. The van der Waals surface area contributed by atoms with E-state index < -0.39 is 22.5 Å². The third kappa shape index (κ3) is 7.47. The number of para-hydroxylation sites is 2. The van der Waals surface area contributed by atoms with Crippen molar-refractivity contribution in [1.29, 1.82) is 0 Å². The second-order valence-electron chi connectivity index (χ2n) is 8.43. The first kappa shape index (κ1) is 27.5. The van der Waals surface area contributed by atoms with Crippen molar-refractivity contribution in [2.24, 2.45) is 11.0 Å². The van der Waals surface area contributed by atoms with Crippen LogP contribution in [-0.4, -0.2) is 47.9 Å². The molecule has 3 aromatic carbocycles. The molecule has 0 aromatic heterocycles. The average molecular weight is 526 g/mol. The first-order valence-electron chi connectivity index (χ1n) is 11.6. The molecule has 0 bridgehead atoms. The molecule has 37 heavy (non-hydrogen) atoms. The number of hydrogen-bond acceptors (Lipinski definition) is 7. The molecule has 9 nitrogen and oxygen atoms in total. The molecule has 0 aliphatic rings. The fourth-order valence-electron chi connectivity index (χ4n) is 3.27. The van der Waals surface area contributed by atoms with Crippen LogP contribution in [-0.2, 0) is 14.8 Å². The van der Waals surface area contributed by atoms with Gasteiger partial charge in [-0.2, -0.15) is 5.10 Å². The Bertz CT molecular complexity index is 1310. The van der Waals surface area contributed by atoms with Crippen LogP contribution in [0.1, 0.15) is 19.4 Å². The molecule has 3 rings (SSSR count). The maximum absolute atomic E-state index is 13.6. The number of benzene rings is 3. The Kier molecular flexibility index (Phi) is 9.51. The third-order valence-electron chi connectivity index (χ3n) is 5.15. The zero-order chi connectivity index (χ0) is 26.8. The van der Waals surface area contributed by atoms with Crippen molar-refractivity contribution in [1.82, 2.24) is 5.43 Å². The monoisotopic (exact) mass is 525 g/mol. The molecule has 0 radical (unpaired) electrons. The van der Waals surface area contributed by atoms with E-state index in [1.807, 2.05) is 12.1 Å². The van der Waals surface area contributed by atoms with Crippen LogP contribution in [0, 0.1) is 5.92 Å². The highest BCUT2D eigenvalue weighted by molar-refractivity contribution is 7.92. The molecule has 0 aliphatic heterocycles. The first-order valence-corrected chi connectivity index (χ1v) is 13.0. The van der Waals surface area contributed by atoms with Gasteiger partial charge >= 0.3 is 0 Å². The molecule has 1 N–H and O–H groups in total. The average Bonchev–Trinajstić information content (AvgIpc) is 2.91. The standard InChI is InChI=1S/C27H31N3O6S/c1-20(2)19-36-23-11-9-21(10-12-23)17-28-29-27(31)18-30(25-7-5-6-8-26(25)35-4)37(32,33)24-15-13-22(34-3)14-16-24/h5-17,20H,18-19H2,1-4H3,(H,29,31)/b28-17-. The minimum Gasteiger partial charge on any atom is -0.497 e. The van der Waals surface area contributed by atoms with Gasteiger partial charge in [-0.25, -0.2) is 13.8 Å². The minimum absolute atomic E-state index is 0.00437. The van der Waals surface area contributed by atoms with Crippen molar-refractivity contribution >= 4 is 27.8 Å². The summed E-state index contributed by atoms with van der Waals surface area (Å²) in [7, 11) is -1.21.